The molecule has 0 heterocycles. The van der Waals surface area contributed by atoms with Crippen LogP contribution in [-0.2, 0) is 13.1 Å². The molecule has 0 aliphatic rings. The van der Waals surface area contributed by atoms with Crippen molar-refractivity contribution in [3.05, 3.63) is 85.1 Å². The van der Waals surface area contributed by atoms with Gasteiger partial charge in [-0.25, -0.2) is 4.39 Å². The zero-order valence-electron chi connectivity index (χ0n) is 16.5. The van der Waals surface area contributed by atoms with Gasteiger partial charge in [-0.2, -0.15) is 0 Å². The van der Waals surface area contributed by atoms with Gasteiger partial charge in [0.2, 0.25) is 0 Å². The first kappa shape index (κ1) is 21.9. The zero-order chi connectivity index (χ0) is 21.0. The third-order valence-corrected chi connectivity index (χ3v) is 7.52. The molecule has 0 saturated heterocycles. The Balaban J connectivity index is 1.98. The van der Waals surface area contributed by atoms with Crippen molar-refractivity contribution in [3.63, 3.8) is 0 Å². The lowest BCUT2D eigenvalue weighted by molar-refractivity contribution is 0.414. The quantitative estimate of drug-likeness (QED) is 0.233. The Morgan fingerprint density at radius 2 is 1.34 bits per heavy atom. The summed E-state index contributed by atoms with van der Waals surface area (Å²) in [6.45, 7) is 2.95. The van der Waals surface area contributed by atoms with Gasteiger partial charge in [0.05, 0.1) is 19.9 Å². The highest BCUT2D eigenvalue weighted by atomic mass is 127. The van der Waals surface area contributed by atoms with Gasteiger partial charge in [-0.15, -0.1) is 0 Å². The summed E-state index contributed by atoms with van der Waals surface area (Å²) in [6, 6.07) is 17.6. The highest BCUT2D eigenvalue weighted by Gasteiger charge is 2.18. The van der Waals surface area contributed by atoms with Crippen LogP contribution in [0.1, 0.15) is 16.7 Å². The molecule has 0 unspecified atom stereocenters. The van der Waals surface area contributed by atoms with Gasteiger partial charge in [-0.3, -0.25) is 0 Å². The fourth-order valence-electron chi connectivity index (χ4n) is 3.07. The maximum Gasteiger partial charge on any atom is 0.150 e. The number of ether oxygens (including phenoxy) is 2. The van der Waals surface area contributed by atoms with Crippen LogP contribution in [0.5, 0.6) is 11.5 Å². The molecule has 0 atom stereocenters. The highest BCUT2D eigenvalue weighted by molar-refractivity contribution is 14.1. The van der Waals surface area contributed by atoms with Crippen molar-refractivity contribution in [1.82, 2.24) is 0 Å². The molecule has 0 saturated carbocycles. The first-order chi connectivity index (χ1) is 13.9. The van der Waals surface area contributed by atoms with Crippen molar-refractivity contribution in [2.24, 2.45) is 0 Å². The van der Waals surface area contributed by atoms with Gasteiger partial charge in [-0.05, 0) is 86.9 Å². The molecule has 0 aliphatic heterocycles. The second kappa shape index (κ2) is 9.80. The van der Waals surface area contributed by atoms with Gasteiger partial charge < -0.3 is 14.4 Å². The van der Waals surface area contributed by atoms with E-state index in [4.69, 9.17) is 9.47 Å². The fourth-order valence-corrected chi connectivity index (χ4v) is 3.98. The Hall–Kier alpha value is -1.80. The van der Waals surface area contributed by atoms with Gasteiger partial charge >= 0.3 is 0 Å². The van der Waals surface area contributed by atoms with Gasteiger partial charge in [0.15, 0.2) is 5.82 Å². The molecule has 0 spiro atoms. The fraction of sp³-hybridized carbons (Fsp3) is 0.217. The van der Waals surface area contributed by atoms with Crippen molar-refractivity contribution in [3.8, 4) is 11.5 Å². The molecular formula is C23H22BrFINO2. The van der Waals surface area contributed by atoms with E-state index in [2.05, 4.69) is 38.5 Å². The maximum atomic E-state index is 15.2. The summed E-state index contributed by atoms with van der Waals surface area (Å²) in [6.07, 6.45) is 0. The molecule has 0 radical (unpaired) electrons. The first-order valence-electron chi connectivity index (χ1n) is 9.07. The van der Waals surface area contributed by atoms with E-state index in [0.29, 0.717) is 24.3 Å². The standard InChI is InChI=1S/C23H22BrFINO2/c1-15-22(25)21(12-20(24)23(15)26)27(13-16-4-8-18(28-2)9-5-16)14-17-6-10-19(29-3)11-7-17/h4-12H,13-14H2,1-3H3. The van der Waals surface area contributed by atoms with Gasteiger partial charge in [0.25, 0.3) is 0 Å². The summed E-state index contributed by atoms with van der Waals surface area (Å²) in [4.78, 5) is 2.05. The molecule has 0 aliphatic carbocycles. The molecule has 6 heteroatoms. The lowest BCUT2D eigenvalue weighted by atomic mass is 10.1. The van der Waals surface area contributed by atoms with E-state index in [-0.39, 0.29) is 5.82 Å². The molecule has 0 amide bonds. The second-order valence-electron chi connectivity index (χ2n) is 6.68. The number of nitrogens with zero attached hydrogens (tertiary/aromatic N) is 1. The lowest BCUT2D eigenvalue weighted by Gasteiger charge is -2.27. The van der Waals surface area contributed by atoms with Crippen LogP contribution in [-0.4, -0.2) is 14.2 Å². The Morgan fingerprint density at radius 1 is 0.897 bits per heavy atom. The van der Waals surface area contributed by atoms with E-state index in [1.807, 2.05) is 66.4 Å². The van der Waals surface area contributed by atoms with Gasteiger partial charge in [-0.1, -0.05) is 24.3 Å². The third-order valence-electron chi connectivity index (χ3n) is 4.76. The van der Waals surface area contributed by atoms with Crippen molar-refractivity contribution in [1.29, 1.82) is 0 Å². The molecule has 3 aromatic carbocycles. The van der Waals surface area contributed by atoms with E-state index in [1.54, 1.807) is 14.2 Å². The van der Waals surface area contributed by atoms with Crippen LogP contribution in [0.15, 0.2) is 59.1 Å². The summed E-state index contributed by atoms with van der Waals surface area (Å²) in [5.41, 5.74) is 3.36. The van der Waals surface area contributed by atoms with Crippen LogP contribution < -0.4 is 14.4 Å². The average Bonchev–Trinajstić information content (AvgIpc) is 2.75. The molecule has 0 bridgehead atoms. The number of rotatable bonds is 7. The van der Waals surface area contributed by atoms with Crippen LogP contribution >= 0.6 is 38.5 Å². The largest absolute Gasteiger partial charge is 0.497 e. The number of hydrogen-bond acceptors (Lipinski definition) is 3. The van der Waals surface area contributed by atoms with Crippen molar-refractivity contribution < 1.29 is 13.9 Å². The molecular weight excluding hydrogens is 548 g/mol. The molecule has 29 heavy (non-hydrogen) atoms. The molecule has 0 fully saturated rings. The molecule has 3 aromatic rings. The van der Waals surface area contributed by atoms with Crippen molar-refractivity contribution in [2.45, 2.75) is 20.0 Å². The number of benzene rings is 3. The summed E-state index contributed by atoms with van der Waals surface area (Å²) < 4.78 is 27.5. The highest BCUT2D eigenvalue weighted by Crippen LogP contribution is 2.34. The lowest BCUT2D eigenvalue weighted by Crippen LogP contribution is -2.23. The predicted molar refractivity (Wildman–Crippen MR) is 127 cm³/mol. The molecule has 3 rings (SSSR count). The third kappa shape index (κ3) is 5.22. The minimum Gasteiger partial charge on any atom is -0.497 e. The second-order valence-corrected chi connectivity index (χ2v) is 8.62. The zero-order valence-corrected chi connectivity index (χ0v) is 20.3. The van der Waals surface area contributed by atoms with Crippen LogP contribution in [0.3, 0.4) is 0 Å². The smallest absolute Gasteiger partial charge is 0.150 e. The van der Waals surface area contributed by atoms with Crippen LogP contribution in [0.4, 0.5) is 10.1 Å². The maximum absolute atomic E-state index is 15.2. The number of hydrogen-bond donors (Lipinski definition) is 0. The van der Waals surface area contributed by atoms with E-state index in [9.17, 15) is 0 Å². The Kier molecular flexibility index (Phi) is 7.40. The summed E-state index contributed by atoms with van der Waals surface area (Å²) in [5, 5.41) is 0. The summed E-state index contributed by atoms with van der Waals surface area (Å²) >= 11 is 5.74. The summed E-state index contributed by atoms with van der Waals surface area (Å²) in [7, 11) is 3.29. The predicted octanol–water partition coefficient (Wildman–Crippen LogP) is 6.73. The SMILES string of the molecule is COc1ccc(CN(Cc2ccc(OC)cc2)c2cc(Br)c(I)c(C)c2F)cc1. The monoisotopic (exact) mass is 569 g/mol. The number of halogens is 3. The van der Waals surface area contributed by atoms with Crippen molar-refractivity contribution >= 4 is 44.2 Å². The van der Waals surface area contributed by atoms with E-state index in [0.717, 1.165) is 30.7 Å². The van der Waals surface area contributed by atoms with Crippen LogP contribution in [0.25, 0.3) is 0 Å². The minimum atomic E-state index is -0.195. The minimum absolute atomic E-state index is 0.195. The number of anilines is 1. The molecule has 152 valence electrons. The van der Waals surface area contributed by atoms with E-state index < -0.39 is 0 Å². The molecule has 3 nitrogen and oxygen atoms in total. The van der Waals surface area contributed by atoms with Crippen molar-refractivity contribution in [2.75, 3.05) is 19.1 Å². The van der Waals surface area contributed by atoms with Crippen LogP contribution in [0, 0.1) is 16.3 Å². The first-order valence-corrected chi connectivity index (χ1v) is 10.9. The van der Waals surface area contributed by atoms with E-state index >= 15 is 4.39 Å². The Bertz CT molecular complexity index is 928. The number of methoxy groups -OCH3 is 2. The van der Waals surface area contributed by atoms with Crippen LogP contribution in [0.2, 0.25) is 0 Å². The van der Waals surface area contributed by atoms with Gasteiger partial charge in [0, 0.05) is 26.7 Å². The Labute approximate surface area is 193 Å². The normalized spacial score (nSPS) is 10.7. The average molecular weight is 570 g/mol. The topological polar surface area (TPSA) is 21.7 Å². The molecule has 0 N–H and O–H groups in total. The Morgan fingerprint density at radius 3 is 1.76 bits per heavy atom. The molecule has 0 aromatic heterocycles. The summed E-state index contributed by atoms with van der Waals surface area (Å²) in [5.74, 6) is 1.41. The van der Waals surface area contributed by atoms with Gasteiger partial charge in [0.1, 0.15) is 11.5 Å². The van der Waals surface area contributed by atoms with E-state index in [1.165, 1.54) is 0 Å².